The van der Waals surface area contributed by atoms with Crippen molar-refractivity contribution in [2.24, 2.45) is 10.4 Å². The van der Waals surface area contributed by atoms with Gasteiger partial charge in [0.2, 0.25) is 5.91 Å². The summed E-state index contributed by atoms with van der Waals surface area (Å²) in [5.74, 6) is 0.680. The summed E-state index contributed by atoms with van der Waals surface area (Å²) in [5.41, 5.74) is 0.290. The van der Waals surface area contributed by atoms with Crippen LogP contribution in [-0.2, 0) is 9.53 Å². The van der Waals surface area contributed by atoms with Crippen molar-refractivity contribution in [1.82, 2.24) is 20.4 Å². The van der Waals surface area contributed by atoms with E-state index in [9.17, 15) is 4.79 Å². The highest BCUT2D eigenvalue weighted by atomic mass is 127. The molecular formula is C17H36IN5O2. The minimum atomic E-state index is -0.00767. The van der Waals surface area contributed by atoms with Gasteiger partial charge in [0.1, 0.15) is 6.54 Å². The molecule has 0 bridgehead atoms. The number of methoxy groups -OCH3 is 1. The third-order valence-electron chi connectivity index (χ3n) is 4.42. The second-order valence-electron chi connectivity index (χ2n) is 7.17. The van der Waals surface area contributed by atoms with Crippen LogP contribution in [0.5, 0.6) is 0 Å². The van der Waals surface area contributed by atoms with Gasteiger partial charge in [0, 0.05) is 46.3 Å². The maximum absolute atomic E-state index is 11.8. The van der Waals surface area contributed by atoms with E-state index in [0.717, 1.165) is 13.1 Å². The van der Waals surface area contributed by atoms with Crippen LogP contribution >= 0.6 is 24.0 Å². The third-order valence-corrected chi connectivity index (χ3v) is 4.42. The number of halogens is 1. The second-order valence-corrected chi connectivity index (χ2v) is 7.17. The summed E-state index contributed by atoms with van der Waals surface area (Å²) in [6, 6.07) is 0. The second kappa shape index (κ2) is 12.7. The Balaban J connectivity index is 0.00000576. The van der Waals surface area contributed by atoms with Gasteiger partial charge < -0.3 is 25.2 Å². The summed E-state index contributed by atoms with van der Waals surface area (Å²) in [6.07, 6.45) is 5.05. The fourth-order valence-corrected chi connectivity index (χ4v) is 3.19. The lowest BCUT2D eigenvalue weighted by molar-refractivity contribution is -0.127. The molecule has 148 valence electrons. The molecule has 7 nitrogen and oxygen atoms in total. The van der Waals surface area contributed by atoms with Crippen LogP contribution in [0.1, 0.15) is 25.7 Å². The molecule has 25 heavy (non-hydrogen) atoms. The summed E-state index contributed by atoms with van der Waals surface area (Å²) >= 11 is 0. The number of aliphatic imine (C=N–C) groups is 1. The number of carbonyl (C=O) groups excluding carboxylic acids is 1. The van der Waals surface area contributed by atoms with Gasteiger partial charge in [0.15, 0.2) is 5.96 Å². The van der Waals surface area contributed by atoms with Gasteiger partial charge in [-0.15, -0.1) is 24.0 Å². The zero-order valence-electron chi connectivity index (χ0n) is 16.4. The molecule has 1 aliphatic rings. The van der Waals surface area contributed by atoms with Gasteiger partial charge in [-0.25, -0.2) is 4.99 Å². The molecule has 0 atom stereocenters. The Morgan fingerprint density at radius 2 is 1.80 bits per heavy atom. The number of ether oxygens (including phenoxy) is 1. The molecule has 0 aromatic rings. The Labute approximate surface area is 170 Å². The molecule has 1 fully saturated rings. The normalized spacial score (nSPS) is 16.5. The maximum atomic E-state index is 11.8. The molecule has 1 aliphatic carbocycles. The van der Waals surface area contributed by atoms with Crippen LogP contribution in [0, 0.1) is 5.41 Å². The maximum Gasteiger partial charge on any atom is 0.243 e. The van der Waals surface area contributed by atoms with Gasteiger partial charge in [-0.1, -0.05) is 12.8 Å². The van der Waals surface area contributed by atoms with E-state index in [1.807, 2.05) is 0 Å². The third kappa shape index (κ3) is 9.60. The van der Waals surface area contributed by atoms with E-state index in [-0.39, 0.29) is 36.4 Å². The standard InChI is InChI=1S/C17H35N5O2.HI/c1-21(2)14-17(8-6-7-9-17)13-20-16(18-10-11-24-5)19-12-15(23)22(3)4;/h6-14H2,1-5H3,(H2,18,19,20);1H. The number of hydrogen-bond acceptors (Lipinski definition) is 4. The van der Waals surface area contributed by atoms with Crippen LogP contribution in [0.15, 0.2) is 4.99 Å². The van der Waals surface area contributed by atoms with Gasteiger partial charge in [0.05, 0.1) is 6.61 Å². The lowest BCUT2D eigenvalue weighted by Crippen LogP contribution is -2.47. The van der Waals surface area contributed by atoms with Crippen LogP contribution in [0.4, 0.5) is 0 Å². The van der Waals surface area contributed by atoms with Crippen molar-refractivity contribution in [3.63, 3.8) is 0 Å². The number of amides is 1. The smallest absolute Gasteiger partial charge is 0.243 e. The van der Waals surface area contributed by atoms with E-state index < -0.39 is 0 Å². The molecule has 0 radical (unpaired) electrons. The van der Waals surface area contributed by atoms with E-state index in [4.69, 9.17) is 4.74 Å². The van der Waals surface area contributed by atoms with Crippen molar-refractivity contribution in [1.29, 1.82) is 0 Å². The number of rotatable bonds is 9. The number of hydrogen-bond donors (Lipinski definition) is 2. The van der Waals surface area contributed by atoms with E-state index in [0.29, 0.717) is 24.5 Å². The summed E-state index contributed by atoms with van der Waals surface area (Å²) in [5, 5.41) is 6.69. The highest BCUT2D eigenvalue weighted by molar-refractivity contribution is 14.0. The van der Waals surface area contributed by atoms with E-state index in [1.165, 1.54) is 25.7 Å². The number of nitrogens with one attached hydrogen (secondary N) is 2. The molecular weight excluding hydrogens is 433 g/mol. The van der Waals surface area contributed by atoms with Crippen LogP contribution in [0.25, 0.3) is 0 Å². The van der Waals surface area contributed by atoms with Crippen molar-refractivity contribution in [3.05, 3.63) is 0 Å². The molecule has 1 rings (SSSR count). The van der Waals surface area contributed by atoms with E-state index in [2.05, 4.69) is 34.6 Å². The molecule has 0 saturated heterocycles. The fraction of sp³-hybridized carbons (Fsp3) is 0.882. The number of nitrogens with zero attached hydrogens (tertiary/aromatic N) is 3. The number of carbonyl (C=O) groups is 1. The predicted octanol–water partition coefficient (Wildman–Crippen LogP) is 0.996. The summed E-state index contributed by atoms with van der Waals surface area (Å²) in [7, 11) is 9.41. The summed E-state index contributed by atoms with van der Waals surface area (Å²) < 4.78 is 5.08. The minimum absolute atomic E-state index is 0. The van der Waals surface area contributed by atoms with Crippen LogP contribution in [0.2, 0.25) is 0 Å². The van der Waals surface area contributed by atoms with Gasteiger partial charge in [-0.05, 0) is 26.9 Å². The Morgan fingerprint density at radius 1 is 1.16 bits per heavy atom. The summed E-state index contributed by atoms with van der Waals surface area (Å²) in [4.78, 5) is 20.0. The molecule has 0 aromatic carbocycles. The quantitative estimate of drug-likeness (QED) is 0.228. The first-order valence-electron chi connectivity index (χ1n) is 8.74. The highest BCUT2D eigenvalue weighted by Gasteiger charge is 2.34. The highest BCUT2D eigenvalue weighted by Crippen LogP contribution is 2.37. The number of guanidine groups is 1. The van der Waals surface area contributed by atoms with Crippen molar-refractivity contribution >= 4 is 35.8 Å². The molecule has 0 spiro atoms. The SMILES string of the molecule is COCCNC(=NCC(=O)N(C)C)NCC1(CN(C)C)CCCC1.I. The first-order valence-corrected chi connectivity index (χ1v) is 8.74. The van der Waals surface area contributed by atoms with Gasteiger partial charge in [0.25, 0.3) is 0 Å². The molecule has 0 aromatic heterocycles. The van der Waals surface area contributed by atoms with Gasteiger partial charge >= 0.3 is 0 Å². The van der Waals surface area contributed by atoms with Crippen molar-refractivity contribution in [2.75, 3.05) is 68.1 Å². The number of likely N-dealkylation sites (N-methyl/N-ethyl adjacent to an activating group) is 1. The Hall–Kier alpha value is -0.610. The predicted molar refractivity (Wildman–Crippen MR) is 114 cm³/mol. The van der Waals surface area contributed by atoms with Crippen LogP contribution in [-0.4, -0.2) is 89.8 Å². The van der Waals surface area contributed by atoms with Crippen molar-refractivity contribution in [2.45, 2.75) is 25.7 Å². The van der Waals surface area contributed by atoms with Crippen molar-refractivity contribution < 1.29 is 9.53 Å². The molecule has 8 heteroatoms. The van der Waals surface area contributed by atoms with Crippen LogP contribution < -0.4 is 10.6 Å². The van der Waals surface area contributed by atoms with Gasteiger partial charge in [-0.3, -0.25) is 4.79 Å². The molecule has 1 amide bonds. The van der Waals surface area contributed by atoms with Gasteiger partial charge in [-0.2, -0.15) is 0 Å². The first-order chi connectivity index (χ1) is 11.4. The Kier molecular flexibility index (Phi) is 12.4. The minimum Gasteiger partial charge on any atom is -0.383 e. The molecule has 0 unspecified atom stereocenters. The average Bonchev–Trinajstić information content (AvgIpc) is 2.97. The fourth-order valence-electron chi connectivity index (χ4n) is 3.19. The lowest BCUT2D eigenvalue weighted by Gasteiger charge is -2.33. The first kappa shape index (κ1) is 24.4. The monoisotopic (exact) mass is 469 g/mol. The largest absolute Gasteiger partial charge is 0.383 e. The average molecular weight is 469 g/mol. The zero-order chi connectivity index (χ0) is 18.0. The molecule has 1 saturated carbocycles. The van der Waals surface area contributed by atoms with E-state index >= 15 is 0 Å². The Morgan fingerprint density at radius 3 is 2.32 bits per heavy atom. The van der Waals surface area contributed by atoms with E-state index in [1.54, 1.807) is 26.1 Å². The molecule has 0 heterocycles. The van der Waals surface area contributed by atoms with Crippen LogP contribution in [0.3, 0.4) is 0 Å². The Bertz CT molecular complexity index is 410. The lowest BCUT2D eigenvalue weighted by atomic mass is 9.85. The van der Waals surface area contributed by atoms with Crippen molar-refractivity contribution in [3.8, 4) is 0 Å². The summed E-state index contributed by atoms with van der Waals surface area (Å²) in [6.45, 7) is 3.36. The molecule has 0 aliphatic heterocycles. The topological polar surface area (TPSA) is 69.2 Å². The zero-order valence-corrected chi connectivity index (χ0v) is 18.8. The molecule has 2 N–H and O–H groups in total.